The van der Waals surface area contributed by atoms with Gasteiger partial charge in [0, 0.05) is 5.56 Å². The Balaban J connectivity index is 2.78. The number of pyridine rings is 1. The van der Waals surface area contributed by atoms with Gasteiger partial charge in [-0.05, 0) is 24.0 Å². The number of hydrogen-bond donors (Lipinski definition) is 2. The lowest BCUT2D eigenvalue weighted by Gasteiger charge is -2.12. The lowest BCUT2D eigenvalue weighted by molar-refractivity contribution is 0.0697. The topological polar surface area (TPSA) is 124 Å². The number of nitrogens with zero attached hydrogens (tertiary/aromatic N) is 3. The van der Waals surface area contributed by atoms with Crippen LogP contribution < -0.4 is 5.73 Å². The van der Waals surface area contributed by atoms with E-state index in [-0.39, 0.29) is 22.5 Å². The first kappa shape index (κ1) is 15.4. The minimum atomic E-state index is -1.05. The summed E-state index contributed by atoms with van der Waals surface area (Å²) < 4.78 is 0. The van der Waals surface area contributed by atoms with Crippen LogP contribution in [0.1, 0.15) is 21.5 Å². The van der Waals surface area contributed by atoms with Crippen LogP contribution in [0.25, 0.3) is 11.1 Å². The van der Waals surface area contributed by atoms with Crippen molar-refractivity contribution >= 4 is 23.5 Å². The first-order valence-electron chi connectivity index (χ1n) is 6.04. The maximum absolute atomic E-state index is 10.9. The SMILES string of the molecule is CSc1nc(N)c(C#N)c(-c2ccc(C(=O)O)cc2)c1C#N. The summed E-state index contributed by atoms with van der Waals surface area (Å²) >= 11 is 1.25. The third kappa shape index (κ3) is 2.58. The number of hydrogen-bond acceptors (Lipinski definition) is 6. The molecule has 2 rings (SSSR count). The van der Waals surface area contributed by atoms with Gasteiger partial charge in [0.15, 0.2) is 0 Å². The molecule has 22 heavy (non-hydrogen) atoms. The van der Waals surface area contributed by atoms with Crippen molar-refractivity contribution in [2.75, 3.05) is 12.0 Å². The molecule has 0 saturated heterocycles. The number of carboxylic acid groups (broad SMARTS) is 1. The van der Waals surface area contributed by atoms with E-state index in [0.29, 0.717) is 16.2 Å². The van der Waals surface area contributed by atoms with Crippen LogP contribution in [0.5, 0.6) is 0 Å². The van der Waals surface area contributed by atoms with E-state index < -0.39 is 5.97 Å². The molecule has 3 N–H and O–H groups in total. The number of nitrogens with two attached hydrogens (primary N) is 1. The summed E-state index contributed by atoms with van der Waals surface area (Å²) in [7, 11) is 0. The molecule has 1 heterocycles. The minimum Gasteiger partial charge on any atom is -0.478 e. The van der Waals surface area contributed by atoms with Gasteiger partial charge < -0.3 is 10.8 Å². The van der Waals surface area contributed by atoms with Gasteiger partial charge in [0.2, 0.25) is 0 Å². The molecule has 0 aliphatic rings. The molecule has 0 radical (unpaired) electrons. The summed E-state index contributed by atoms with van der Waals surface area (Å²) in [6.45, 7) is 0. The molecule has 6 nitrogen and oxygen atoms in total. The maximum Gasteiger partial charge on any atom is 0.335 e. The van der Waals surface area contributed by atoms with Crippen molar-refractivity contribution in [3.8, 4) is 23.3 Å². The molecule has 0 aliphatic carbocycles. The van der Waals surface area contributed by atoms with Crippen LogP contribution in [0.15, 0.2) is 29.3 Å². The van der Waals surface area contributed by atoms with Crippen LogP contribution in [0, 0.1) is 22.7 Å². The minimum absolute atomic E-state index is 0.0446. The van der Waals surface area contributed by atoms with E-state index in [0.717, 1.165) is 0 Å². The van der Waals surface area contributed by atoms with Crippen molar-refractivity contribution in [3.05, 3.63) is 41.0 Å². The number of benzene rings is 1. The van der Waals surface area contributed by atoms with Crippen LogP contribution in [0.4, 0.5) is 5.82 Å². The Labute approximate surface area is 130 Å². The van der Waals surface area contributed by atoms with Crippen molar-refractivity contribution < 1.29 is 9.90 Å². The summed E-state index contributed by atoms with van der Waals surface area (Å²) in [6, 6.07) is 9.92. The number of nitrogen functional groups attached to an aromatic ring is 1. The van der Waals surface area contributed by atoms with Gasteiger partial charge in [-0.25, -0.2) is 9.78 Å². The van der Waals surface area contributed by atoms with Crippen molar-refractivity contribution in [1.82, 2.24) is 4.98 Å². The smallest absolute Gasteiger partial charge is 0.335 e. The fourth-order valence-corrected chi connectivity index (χ4v) is 2.56. The van der Waals surface area contributed by atoms with Crippen LogP contribution in [0.3, 0.4) is 0 Å². The predicted molar refractivity (Wildman–Crippen MR) is 82.3 cm³/mol. The van der Waals surface area contributed by atoms with Crippen molar-refractivity contribution in [3.63, 3.8) is 0 Å². The molecule has 0 aliphatic heterocycles. The average molecular weight is 310 g/mol. The van der Waals surface area contributed by atoms with Crippen LogP contribution in [0.2, 0.25) is 0 Å². The normalized spacial score (nSPS) is 9.77. The lowest BCUT2D eigenvalue weighted by Crippen LogP contribution is -2.03. The zero-order chi connectivity index (χ0) is 16.3. The first-order valence-corrected chi connectivity index (χ1v) is 7.27. The highest BCUT2D eigenvalue weighted by atomic mass is 32.2. The summed E-state index contributed by atoms with van der Waals surface area (Å²) in [4.78, 5) is 15.0. The number of rotatable bonds is 3. The second-order valence-corrected chi connectivity index (χ2v) is 5.03. The fraction of sp³-hybridized carbons (Fsp3) is 0.0667. The number of aromatic nitrogens is 1. The Morgan fingerprint density at radius 1 is 1.23 bits per heavy atom. The van der Waals surface area contributed by atoms with Gasteiger partial charge in [-0.15, -0.1) is 11.8 Å². The second-order valence-electron chi connectivity index (χ2n) is 4.24. The summed E-state index contributed by atoms with van der Waals surface area (Å²) in [5.41, 5.74) is 7.19. The molecule has 0 saturated carbocycles. The monoisotopic (exact) mass is 310 g/mol. The highest BCUT2D eigenvalue weighted by molar-refractivity contribution is 7.98. The lowest BCUT2D eigenvalue weighted by atomic mass is 9.96. The molecule has 2 aromatic rings. The Bertz CT molecular complexity index is 833. The largest absolute Gasteiger partial charge is 0.478 e. The third-order valence-electron chi connectivity index (χ3n) is 3.03. The average Bonchev–Trinajstić information content (AvgIpc) is 2.53. The highest BCUT2D eigenvalue weighted by Gasteiger charge is 2.19. The van der Waals surface area contributed by atoms with Crippen LogP contribution in [-0.2, 0) is 0 Å². The molecule has 108 valence electrons. The zero-order valence-corrected chi connectivity index (χ0v) is 12.3. The molecule has 0 fully saturated rings. The number of aromatic carboxylic acids is 1. The van der Waals surface area contributed by atoms with Crippen molar-refractivity contribution in [2.24, 2.45) is 0 Å². The molecule has 7 heteroatoms. The van der Waals surface area contributed by atoms with Gasteiger partial charge in [-0.2, -0.15) is 10.5 Å². The number of nitriles is 2. The van der Waals surface area contributed by atoms with E-state index in [2.05, 4.69) is 4.98 Å². The fourth-order valence-electron chi connectivity index (χ4n) is 2.01. The van der Waals surface area contributed by atoms with Crippen molar-refractivity contribution in [1.29, 1.82) is 10.5 Å². The molecular weight excluding hydrogens is 300 g/mol. The van der Waals surface area contributed by atoms with E-state index in [1.54, 1.807) is 18.4 Å². The predicted octanol–water partition coefficient (Wildman–Crippen LogP) is 2.49. The third-order valence-corrected chi connectivity index (χ3v) is 3.71. The Morgan fingerprint density at radius 2 is 1.82 bits per heavy atom. The van der Waals surface area contributed by atoms with E-state index in [1.807, 2.05) is 12.1 Å². The molecule has 0 amide bonds. The Kier molecular flexibility index (Phi) is 4.31. The molecular formula is C15H10N4O2S. The molecule has 1 aromatic heterocycles. The molecule has 0 unspecified atom stereocenters. The number of anilines is 1. The van der Waals surface area contributed by atoms with Gasteiger partial charge in [-0.1, -0.05) is 12.1 Å². The van der Waals surface area contributed by atoms with E-state index in [1.165, 1.54) is 23.9 Å². The molecule has 0 atom stereocenters. The number of carbonyl (C=O) groups is 1. The van der Waals surface area contributed by atoms with E-state index in [9.17, 15) is 15.3 Å². The second kappa shape index (κ2) is 6.17. The first-order chi connectivity index (χ1) is 10.5. The van der Waals surface area contributed by atoms with Crippen LogP contribution >= 0.6 is 11.8 Å². The van der Waals surface area contributed by atoms with Gasteiger partial charge in [0.05, 0.1) is 11.1 Å². The van der Waals surface area contributed by atoms with Gasteiger partial charge in [-0.3, -0.25) is 0 Å². The molecule has 0 bridgehead atoms. The Morgan fingerprint density at radius 3 is 2.27 bits per heavy atom. The van der Waals surface area contributed by atoms with Gasteiger partial charge >= 0.3 is 5.97 Å². The van der Waals surface area contributed by atoms with Gasteiger partial charge in [0.1, 0.15) is 28.5 Å². The highest BCUT2D eigenvalue weighted by Crippen LogP contribution is 2.34. The number of carboxylic acids is 1. The van der Waals surface area contributed by atoms with Crippen LogP contribution in [-0.4, -0.2) is 22.3 Å². The van der Waals surface area contributed by atoms with E-state index >= 15 is 0 Å². The standard InChI is InChI=1S/C15H10N4O2S/c1-22-14-11(7-17)12(10(6-16)13(18)19-14)8-2-4-9(5-3-8)15(20)21/h2-5H,1H3,(H2,18,19)(H,20,21). The molecule has 0 spiro atoms. The maximum atomic E-state index is 10.9. The number of thioether (sulfide) groups is 1. The summed E-state index contributed by atoms with van der Waals surface area (Å²) in [6.07, 6.45) is 1.76. The molecule has 1 aromatic carbocycles. The zero-order valence-electron chi connectivity index (χ0n) is 11.5. The quantitative estimate of drug-likeness (QED) is 0.834. The van der Waals surface area contributed by atoms with E-state index in [4.69, 9.17) is 10.8 Å². The Hall–Kier alpha value is -3.03. The summed E-state index contributed by atoms with van der Waals surface area (Å²) in [5, 5.41) is 28.1. The van der Waals surface area contributed by atoms with Crippen molar-refractivity contribution in [2.45, 2.75) is 5.03 Å². The summed E-state index contributed by atoms with van der Waals surface area (Å²) in [5.74, 6) is -1.00. The van der Waals surface area contributed by atoms with Gasteiger partial charge in [0.25, 0.3) is 0 Å².